The third-order valence-corrected chi connectivity index (χ3v) is 2.85. The van der Waals surface area contributed by atoms with Gasteiger partial charge in [0.25, 0.3) is 0 Å². The van der Waals surface area contributed by atoms with Crippen molar-refractivity contribution in [1.82, 2.24) is 10.6 Å². The van der Waals surface area contributed by atoms with Crippen LogP contribution in [0.15, 0.2) is 28.7 Å². The molecule has 6 heteroatoms. The fourth-order valence-corrected chi connectivity index (χ4v) is 1.82. The summed E-state index contributed by atoms with van der Waals surface area (Å²) < 4.78 is 18.9. The Balaban J connectivity index is 2.06. The molecule has 3 N–H and O–H groups in total. The van der Waals surface area contributed by atoms with Crippen molar-refractivity contribution < 1.29 is 18.7 Å². The first-order valence-corrected chi connectivity index (χ1v) is 6.37. The summed E-state index contributed by atoms with van der Waals surface area (Å²) in [4.78, 5) is 11.6. The van der Waals surface area contributed by atoms with Crippen LogP contribution < -0.4 is 10.6 Å². The number of aliphatic hydroxyl groups excluding tert-OH is 1. The van der Waals surface area contributed by atoms with E-state index in [1.54, 1.807) is 32.0 Å². The number of benzene rings is 1. The summed E-state index contributed by atoms with van der Waals surface area (Å²) in [5.41, 5.74) is 0.181. The number of nitrogens with one attached hydrogen (secondary N) is 2. The molecule has 2 aromatic rings. The smallest absolute Gasteiger partial charge is 0.315 e. The first-order valence-electron chi connectivity index (χ1n) is 6.37. The minimum Gasteiger partial charge on any atom is -0.456 e. The molecule has 2 atom stereocenters. The Morgan fingerprint density at radius 1 is 1.45 bits per heavy atom. The van der Waals surface area contributed by atoms with E-state index in [-0.39, 0.29) is 12.1 Å². The fourth-order valence-electron chi connectivity index (χ4n) is 1.82. The SMILES string of the molecule is C[C@@H](O)CNC(=O)N[C@H](C)c1cc2cccc(F)c2o1. The third-order valence-electron chi connectivity index (χ3n) is 2.85. The molecule has 2 rings (SSSR count). The Kier molecular flexibility index (Phi) is 4.24. The maximum Gasteiger partial charge on any atom is 0.315 e. The van der Waals surface area contributed by atoms with Crippen LogP contribution in [0.1, 0.15) is 25.6 Å². The summed E-state index contributed by atoms with van der Waals surface area (Å²) >= 11 is 0. The Bertz CT molecular complexity index is 609. The van der Waals surface area contributed by atoms with Crippen molar-refractivity contribution in [2.75, 3.05) is 6.54 Å². The molecule has 0 spiro atoms. The van der Waals surface area contributed by atoms with E-state index in [2.05, 4.69) is 10.6 Å². The molecule has 2 amide bonds. The number of hydrogen-bond donors (Lipinski definition) is 3. The Morgan fingerprint density at radius 2 is 2.20 bits per heavy atom. The zero-order chi connectivity index (χ0) is 14.7. The van der Waals surface area contributed by atoms with Crippen LogP contribution in [0.2, 0.25) is 0 Å². The highest BCUT2D eigenvalue weighted by Gasteiger charge is 2.15. The summed E-state index contributed by atoms with van der Waals surface area (Å²) in [6.45, 7) is 3.47. The number of para-hydroxylation sites is 1. The van der Waals surface area contributed by atoms with Crippen LogP contribution >= 0.6 is 0 Å². The first-order chi connectivity index (χ1) is 9.47. The lowest BCUT2D eigenvalue weighted by atomic mass is 10.2. The fraction of sp³-hybridized carbons (Fsp3) is 0.357. The first kappa shape index (κ1) is 14.3. The molecule has 1 aromatic carbocycles. The number of carbonyl (C=O) groups excluding carboxylic acids is 1. The molecule has 0 fully saturated rings. The van der Waals surface area contributed by atoms with Gasteiger partial charge in [0, 0.05) is 11.9 Å². The van der Waals surface area contributed by atoms with Crippen molar-refractivity contribution in [3.63, 3.8) is 0 Å². The third kappa shape index (κ3) is 3.27. The van der Waals surface area contributed by atoms with Crippen molar-refractivity contribution in [3.05, 3.63) is 35.8 Å². The molecule has 0 aliphatic carbocycles. The average Bonchev–Trinajstić information content (AvgIpc) is 2.82. The number of furan rings is 1. The van der Waals surface area contributed by atoms with Gasteiger partial charge in [0.05, 0.1) is 12.1 Å². The van der Waals surface area contributed by atoms with E-state index >= 15 is 0 Å². The molecule has 0 saturated carbocycles. The molecule has 0 radical (unpaired) electrons. The molecular formula is C14H17FN2O3. The summed E-state index contributed by atoms with van der Waals surface area (Å²) in [6, 6.07) is 5.53. The van der Waals surface area contributed by atoms with Crippen LogP contribution in [0.4, 0.5) is 9.18 Å². The second kappa shape index (κ2) is 5.92. The van der Waals surface area contributed by atoms with Crippen LogP contribution in [0, 0.1) is 5.82 Å². The van der Waals surface area contributed by atoms with Gasteiger partial charge in [-0.05, 0) is 26.0 Å². The minimum absolute atomic E-state index is 0.160. The number of amides is 2. The number of rotatable bonds is 4. The standard InChI is InChI=1S/C14H17FN2O3/c1-8(18)7-16-14(19)17-9(2)12-6-10-4-3-5-11(15)13(10)20-12/h3-6,8-9,18H,7H2,1-2H3,(H2,16,17,19)/t8-,9-/m1/s1. The Hall–Kier alpha value is -2.08. The highest BCUT2D eigenvalue weighted by atomic mass is 19.1. The number of halogens is 1. The van der Waals surface area contributed by atoms with E-state index in [1.165, 1.54) is 6.07 Å². The molecule has 0 aliphatic rings. The lowest BCUT2D eigenvalue weighted by molar-refractivity contribution is 0.186. The van der Waals surface area contributed by atoms with Crippen LogP contribution in [0.5, 0.6) is 0 Å². The van der Waals surface area contributed by atoms with Crippen molar-refractivity contribution in [3.8, 4) is 0 Å². The van der Waals surface area contributed by atoms with Gasteiger partial charge in [-0.2, -0.15) is 0 Å². The largest absolute Gasteiger partial charge is 0.456 e. The molecule has 0 unspecified atom stereocenters. The quantitative estimate of drug-likeness (QED) is 0.804. The molecule has 0 saturated heterocycles. The van der Waals surface area contributed by atoms with Crippen LogP contribution in [0.25, 0.3) is 11.0 Å². The lowest BCUT2D eigenvalue weighted by Crippen LogP contribution is -2.40. The van der Waals surface area contributed by atoms with Crippen molar-refractivity contribution >= 4 is 17.0 Å². The van der Waals surface area contributed by atoms with Gasteiger partial charge in [-0.15, -0.1) is 0 Å². The van der Waals surface area contributed by atoms with Gasteiger partial charge in [0.1, 0.15) is 5.76 Å². The molecule has 0 aliphatic heterocycles. The number of carbonyl (C=O) groups is 1. The predicted molar refractivity (Wildman–Crippen MR) is 72.8 cm³/mol. The van der Waals surface area contributed by atoms with Crippen LogP contribution in [-0.4, -0.2) is 23.8 Å². The minimum atomic E-state index is -0.614. The van der Waals surface area contributed by atoms with Gasteiger partial charge in [0.2, 0.25) is 0 Å². The van der Waals surface area contributed by atoms with Crippen molar-refractivity contribution in [2.24, 2.45) is 0 Å². The van der Waals surface area contributed by atoms with Gasteiger partial charge < -0.3 is 20.2 Å². The number of hydrogen-bond acceptors (Lipinski definition) is 3. The van der Waals surface area contributed by atoms with Gasteiger partial charge in [-0.25, -0.2) is 9.18 Å². The van der Waals surface area contributed by atoms with E-state index in [1.807, 2.05) is 0 Å². The molecule has 20 heavy (non-hydrogen) atoms. The van der Waals surface area contributed by atoms with E-state index in [4.69, 9.17) is 9.52 Å². The van der Waals surface area contributed by atoms with Crippen molar-refractivity contribution in [1.29, 1.82) is 0 Å². The molecule has 1 aromatic heterocycles. The predicted octanol–water partition coefficient (Wildman–Crippen LogP) is 2.31. The second-order valence-corrected chi connectivity index (χ2v) is 4.73. The van der Waals surface area contributed by atoms with E-state index in [0.717, 1.165) is 0 Å². The van der Waals surface area contributed by atoms with E-state index in [9.17, 15) is 9.18 Å². The van der Waals surface area contributed by atoms with Gasteiger partial charge in [-0.1, -0.05) is 12.1 Å². The van der Waals surface area contributed by atoms with Gasteiger partial charge >= 0.3 is 6.03 Å². The number of aliphatic hydroxyl groups is 1. The van der Waals surface area contributed by atoms with Gasteiger partial charge in [0.15, 0.2) is 11.4 Å². The maximum absolute atomic E-state index is 13.5. The van der Waals surface area contributed by atoms with Crippen LogP contribution in [0.3, 0.4) is 0 Å². The molecule has 0 bridgehead atoms. The monoisotopic (exact) mass is 280 g/mol. The summed E-state index contributed by atoms with van der Waals surface area (Å²) in [6.07, 6.45) is -0.614. The normalized spacial score (nSPS) is 14.0. The summed E-state index contributed by atoms with van der Waals surface area (Å²) in [5, 5.41) is 14.9. The van der Waals surface area contributed by atoms with E-state index < -0.39 is 24.0 Å². The lowest BCUT2D eigenvalue weighted by Gasteiger charge is -2.13. The highest BCUT2D eigenvalue weighted by Crippen LogP contribution is 2.25. The van der Waals surface area contributed by atoms with Gasteiger partial charge in [-0.3, -0.25) is 0 Å². The summed E-state index contributed by atoms with van der Waals surface area (Å²) in [7, 11) is 0. The topological polar surface area (TPSA) is 74.5 Å². The molecular weight excluding hydrogens is 263 g/mol. The highest BCUT2D eigenvalue weighted by molar-refractivity contribution is 5.79. The molecule has 108 valence electrons. The zero-order valence-electron chi connectivity index (χ0n) is 11.3. The summed E-state index contributed by atoms with van der Waals surface area (Å²) in [5.74, 6) is 0.0387. The molecule has 5 nitrogen and oxygen atoms in total. The second-order valence-electron chi connectivity index (χ2n) is 4.73. The van der Waals surface area contributed by atoms with Crippen LogP contribution in [-0.2, 0) is 0 Å². The zero-order valence-corrected chi connectivity index (χ0v) is 11.3. The number of fused-ring (bicyclic) bond motifs is 1. The Morgan fingerprint density at radius 3 is 2.85 bits per heavy atom. The van der Waals surface area contributed by atoms with E-state index in [0.29, 0.717) is 11.1 Å². The Labute approximate surface area is 115 Å². The van der Waals surface area contributed by atoms with Crippen molar-refractivity contribution in [2.45, 2.75) is 26.0 Å². The number of urea groups is 1. The molecule has 1 heterocycles. The maximum atomic E-state index is 13.5. The average molecular weight is 280 g/mol.